The maximum atomic E-state index is 14.4. The molecule has 1 unspecified atom stereocenters. The van der Waals surface area contributed by atoms with E-state index in [1.807, 2.05) is 30.3 Å². The Kier molecular flexibility index (Phi) is 9.05. The third-order valence-electron chi connectivity index (χ3n) is 6.32. The highest BCUT2D eigenvalue weighted by molar-refractivity contribution is 5.94. The molecule has 1 N–H and O–H groups in total. The first-order chi connectivity index (χ1) is 17.1. The van der Waals surface area contributed by atoms with Gasteiger partial charge in [0.1, 0.15) is 5.82 Å². The SMILES string of the molecule is O=C(NCc1ccccc1)N1CCOC(CN(CCN2CCOCC2)C(=O)c2ccccc2F)C1. The van der Waals surface area contributed by atoms with E-state index in [2.05, 4.69) is 10.2 Å². The molecule has 2 fully saturated rings. The highest BCUT2D eigenvalue weighted by Gasteiger charge is 2.29. The monoisotopic (exact) mass is 484 g/mol. The fraction of sp³-hybridized carbons (Fsp3) is 0.462. The lowest BCUT2D eigenvalue weighted by atomic mass is 10.1. The quantitative estimate of drug-likeness (QED) is 0.622. The van der Waals surface area contributed by atoms with E-state index in [9.17, 15) is 14.0 Å². The molecule has 2 heterocycles. The summed E-state index contributed by atoms with van der Waals surface area (Å²) in [5.41, 5.74) is 1.07. The Hall–Kier alpha value is -3.01. The van der Waals surface area contributed by atoms with Gasteiger partial charge in [0.2, 0.25) is 0 Å². The summed E-state index contributed by atoms with van der Waals surface area (Å²) in [6, 6.07) is 15.6. The Bertz CT molecular complexity index is 971. The number of nitrogens with one attached hydrogen (secondary N) is 1. The molecule has 2 aromatic rings. The number of hydrogen-bond acceptors (Lipinski definition) is 5. The van der Waals surface area contributed by atoms with Gasteiger partial charge in [0.15, 0.2) is 0 Å². The minimum Gasteiger partial charge on any atom is -0.379 e. The van der Waals surface area contributed by atoms with Crippen molar-refractivity contribution in [1.82, 2.24) is 20.0 Å². The lowest BCUT2D eigenvalue weighted by molar-refractivity contribution is -0.0297. The number of carbonyl (C=O) groups excluding carboxylic acids is 2. The van der Waals surface area contributed by atoms with Gasteiger partial charge >= 0.3 is 6.03 Å². The van der Waals surface area contributed by atoms with Crippen molar-refractivity contribution < 1.29 is 23.5 Å². The third-order valence-corrected chi connectivity index (χ3v) is 6.32. The van der Waals surface area contributed by atoms with E-state index >= 15 is 0 Å². The summed E-state index contributed by atoms with van der Waals surface area (Å²) in [4.78, 5) is 31.6. The van der Waals surface area contributed by atoms with Gasteiger partial charge in [0.25, 0.3) is 5.91 Å². The van der Waals surface area contributed by atoms with Crippen LogP contribution in [0.15, 0.2) is 54.6 Å². The molecule has 4 rings (SSSR count). The summed E-state index contributed by atoms with van der Waals surface area (Å²) in [5.74, 6) is -0.911. The van der Waals surface area contributed by atoms with Crippen LogP contribution in [-0.2, 0) is 16.0 Å². The minimum atomic E-state index is -0.541. The molecular formula is C26H33FN4O4. The Morgan fingerprint density at radius 2 is 1.74 bits per heavy atom. The van der Waals surface area contributed by atoms with Gasteiger partial charge in [-0.05, 0) is 17.7 Å². The van der Waals surface area contributed by atoms with Crippen LogP contribution in [0.25, 0.3) is 0 Å². The number of carbonyl (C=O) groups is 2. The standard InChI is InChI=1S/C26H33FN4O4/c27-24-9-5-4-8-23(24)25(32)30(11-10-29-12-15-34-16-13-29)19-22-20-31(14-17-35-22)26(33)28-18-21-6-2-1-3-7-21/h1-9,22H,10-20H2,(H,28,33). The molecule has 3 amide bonds. The summed E-state index contributed by atoms with van der Waals surface area (Å²) in [6.45, 7) is 5.98. The molecule has 0 aliphatic carbocycles. The molecule has 0 radical (unpaired) electrons. The first kappa shape index (κ1) is 25.1. The summed E-state index contributed by atoms with van der Waals surface area (Å²) < 4.78 is 25.7. The zero-order valence-electron chi connectivity index (χ0n) is 19.9. The fourth-order valence-corrected chi connectivity index (χ4v) is 4.31. The van der Waals surface area contributed by atoms with Gasteiger partial charge in [-0.25, -0.2) is 9.18 Å². The molecule has 2 saturated heterocycles. The molecule has 188 valence electrons. The number of nitrogens with zero attached hydrogens (tertiary/aromatic N) is 3. The lowest BCUT2D eigenvalue weighted by Crippen LogP contribution is -2.53. The Morgan fingerprint density at radius 1 is 1.00 bits per heavy atom. The molecule has 35 heavy (non-hydrogen) atoms. The predicted molar refractivity (Wildman–Crippen MR) is 130 cm³/mol. The van der Waals surface area contributed by atoms with Crippen LogP contribution in [0.5, 0.6) is 0 Å². The number of ether oxygens (including phenoxy) is 2. The van der Waals surface area contributed by atoms with E-state index in [0.717, 1.165) is 18.7 Å². The average Bonchev–Trinajstić information content (AvgIpc) is 2.91. The number of hydrogen-bond donors (Lipinski definition) is 1. The van der Waals surface area contributed by atoms with Crippen LogP contribution in [-0.4, -0.2) is 98.4 Å². The molecule has 2 aliphatic heterocycles. The zero-order chi connectivity index (χ0) is 24.5. The van der Waals surface area contributed by atoms with Crippen molar-refractivity contribution in [1.29, 1.82) is 0 Å². The second-order valence-electron chi connectivity index (χ2n) is 8.77. The van der Waals surface area contributed by atoms with Gasteiger partial charge in [0, 0.05) is 45.8 Å². The number of benzene rings is 2. The van der Waals surface area contributed by atoms with Crippen molar-refractivity contribution in [3.8, 4) is 0 Å². The van der Waals surface area contributed by atoms with Crippen molar-refractivity contribution in [2.45, 2.75) is 12.6 Å². The second kappa shape index (κ2) is 12.6. The maximum Gasteiger partial charge on any atom is 0.317 e. The molecule has 0 bridgehead atoms. The Balaban J connectivity index is 1.37. The van der Waals surface area contributed by atoms with Gasteiger partial charge < -0.3 is 24.6 Å². The molecule has 0 saturated carbocycles. The van der Waals surface area contributed by atoms with E-state index < -0.39 is 5.82 Å². The first-order valence-corrected chi connectivity index (χ1v) is 12.1. The predicted octanol–water partition coefficient (Wildman–Crippen LogP) is 2.21. The lowest BCUT2D eigenvalue weighted by Gasteiger charge is -2.36. The highest BCUT2D eigenvalue weighted by Crippen LogP contribution is 2.14. The maximum absolute atomic E-state index is 14.4. The van der Waals surface area contributed by atoms with Crippen LogP contribution in [0, 0.1) is 5.82 Å². The van der Waals surface area contributed by atoms with Gasteiger partial charge in [-0.1, -0.05) is 42.5 Å². The van der Waals surface area contributed by atoms with Crippen molar-refractivity contribution >= 4 is 11.9 Å². The van der Waals surface area contributed by atoms with E-state index in [4.69, 9.17) is 9.47 Å². The first-order valence-electron chi connectivity index (χ1n) is 12.1. The van der Waals surface area contributed by atoms with Crippen LogP contribution >= 0.6 is 0 Å². The molecule has 2 aliphatic rings. The Morgan fingerprint density at radius 3 is 2.51 bits per heavy atom. The Labute approximate surface area is 205 Å². The van der Waals surface area contributed by atoms with Crippen LogP contribution in [0.3, 0.4) is 0 Å². The fourth-order valence-electron chi connectivity index (χ4n) is 4.31. The van der Waals surface area contributed by atoms with Crippen molar-refractivity contribution in [2.75, 3.05) is 65.6 Å². The minimum absolute atomic E-state index is 0.0442. The third kappa shape index (κ3) is 7.24. The summed E-state index contributed by atoms with van der Waals surface area (Å²) >= 11 is 0. The van der Waals surface area contributed by atoms with E-state index in [1.165, 1.54) is 12.1 Å². The number of morpholine rings is 2. The largest absolute Gasteiger partial charge is 0.379 e. The molecule has 0 spiro atoms. The molecule has 9 heteroatoms. The molecule has 1 atom stereocenters. The van der Waals surface area contributed by atoms with Gasteiger partial charge in [-0.15, -0.1) is 0 Å². The molecule has 0 aromatic heterocycles. The van der Waals surface area contributed by atoms with E-state index in [1.54, 1.807) is 21.9 Å². The van der Waals surface area contributed by atoms with Crippen LogP contribution < -0.4 is 5.32 Å². The van der Waals surface area contributed by atoms with Crippen LogP contribution in [0.2, 0.25) is 0 Å². The van der Waals surface area contributed by atoms with Crippen molar-refractivity contribution in [3.05, 3.63) is 71.5 Å². The zero-order valence-corrected chi connectivity index (χ0v) is 19.9. The topological polar surface area (TPSA) is 74.4 Å². The summed E-state index contributed by atoms with van der Waals surface area (Å²) in [7, 11) is 0. The van der Waals surface area contributed by atoms with Crippen LogP contribution in [0.1, 0.15) is 15.9 Å². The van der Waals surface area contributed by atoms with E-state index in [-0.39, 0.29) is 30.2 Å². The normalized spacial score (nSPS) is 18.8. The number of amides is 3. The van der Waals surface area contributed by atoms with E-state index in [0.29, 0.717) is 52.5 Å². The molecular weight excluding hydrogens is 451 g/mol. The van der Waals surface area contributed by atoms with Gasteiger partial charge in [-0.3, -0.25) is 9.69 Å². The van der Waals surface area contributed by atoms with Gasteiger partial charge in [0.05, 0.1) is 38.0 Å². The summed E-state index contributed by atoms with van der Waals surface area (Å²) in [5, 5.41) is 2.95. The number of rotatable bonds is 8. The second-order valence-corrected chi connectivity index (χ2v) is 8.77. The summed E-state index contributed by atoms with van der Waals surface area (Å²) in [6.07, 6.45) is -0.355. The van der Waals surface area contributed by atoms with Gasteiger partial charge in [-0.2, -0.15) is 0 Å². The molecule has 2 aromatic carbocycles. The average molecular weight is 485 g/mol. The highest BCUT2D eigenvalue weighted by atomic mass is 19.1. The van der Waals surface area contributed by atoms with Crippen molar-refractivity contribution in [3.63, 3.8) is 0 Å². The number of halogens is 1. The smallest absolute Gasteiger partial charge is 0.317 e. The van der Waals surface area contributed by atoms with Crippen molar-refractivity contribution in [2.24, 2.45) is 0 Å². The van der Waals surface area contributed by atoms with Crippen LogP contribution in [0.4, 0.5) is 9.18 Å². The number of urea groups is 1. The molecule has 8 nitrogen and oxygen atoms in total.